The van der Waals surface area contributed by atoms with Gasteiger partial charge in [0, 0.05) is 49.3 Å². The number of fused-ring (bicyclic) bond motifs is 9. The van der Waals surface area contributed by atoms with Crippen LogP contribution in [0.5, 0.6) is 0 Å². The molecule has 0 N–H and O–H groups in total. The summed E-state index contributed by atoms with van der Waals surface area (Å²) < 4.78 is 7.52. The van der Waals surface area contributed by atoms with E-state index in [1.54, 1.807) is 0 Å². The third-order valence-corrected chi connectivity index (χ3v) is 19.6. The van der Waals surface area contributed by atoms with Crippen molar-refractivity contribution < 1.29 is 0 Å². The molecule has 0 fully saturated rings. The standard InChI is InChI=1S/C66H45N3Si/c1-5-22-46(23-6-1)52-30-13-17-35-59(52)69-63-43-41-47(67-60-36-18-14-31-53(60)54-32-15-19-37-61(54)67)44-58(63)56-42-40-48(45-64(56)69)68-62-38-20-16-33-55(62)57-34-21-39-65(66(57)68)70(49-24-7-2-8-25-49,50-26-9-3-10-27-50)51-28-11-4-12-29-51/h1-45H. The first-order chi connectivity index (χ1) is 34.8. The van der Waals surface area contributed by atoms with Gasteiger partial charge < -0.3 is 13.7 Å². The molecule has 0 aliphatic heterocycles. The summed E-state index contributed by atoms with van der Waals surface area (Å²) in [6.07, 6.45) is 0. The lowest BCUT2D eigenvalue weighted by atomic mass is 10.0. The zero-order valence-corrected chi connectivity index (χ0v) is 39.3. The van der Waals surface area contributed by atoms with Crippen LogP contribution in [0.2, 0.25) is 0 Å². The highest BCUT2D eigenvalue weighted by Gasteiger charge is 2.43. The highest BCUT2D eigenvalue weighted by Crippen LogP contribution is 2.41. The molecule has 328 valence electrons. The van der Waals surface area contributed by atoms with Crippen molar-refractivity contribution in [3.63, 3.8) is 0 Å². The Labute approximate surface area is 407 Å². The van der Waals surface area contributed by atoms with Gasteiger partial charge in [-0.1, -0.05) is 218 Å². The number of nitrogens with zero attached hydrogens (tertiary/aromatic N) is 3. The van der Waals surface area contributed by atoms with Crippen molar-refractivity contribution >= 4 is 94.2 Å². The van der Waals surface area contributed by atoms with Crippen LogP contribution >= 0.6 is 0 Å². The first-order valence-corrected chi connectivity index (χ1v) is 26.2. The van der Waals surface area contributed by atoms with Crippen molar-refractivity contribution in [1.82, 2.24) is 13.7 Å². The van der Waals surface area contributed by atoms with Crippen LogP contribution in [0.15, 0.2) is 273 Å². The molecule has 11 aromatic carbocycles. The van der Waals surface area contributed by atoms with E-state index in [4.69, 9.17) is 0 Å². The monoisotopic (exact) mass is 907 g/mol. The maximum absolute atomic E-state index is 2.98. The Kier molecular flexibility index (Phi) is 9.23. The van der Waals surface area contributed by atoms with Crippen LogP contribution < -0.4 is 20.7 Å². The van der Waals surface area contributed by atoms with Crippen molar-refractivity contribution in [1.29, 1.82) is 0 Å². The number of para-hydroxylation sites is 5. The van der Waals surface area contributed by atoms with E-state index in [1.807, 2.05) is 0 Å². The fraction of sp³-hybridized carbons (Fsp3) is 0. The number of rotatable bonds is 8. The van der Waals surface area contributed by atoms with Gasteiger partial charge in [-0.2, -0.15) is 0 Å². The smallest absolute Gasteiger partial charge is 0.181 e. The lowest BCUT2D eigenvalue weighted by Gasteiger charge is -2.35. The van der Waals surface area contributed by atoms with Gasteiger partial charge in [0.15, 0.2) is 8.07 Å². The number of hydrogen-bond donors (Lipinski definition) is 0. The Balaban J connectivity index is 1.10. The summed E-state index contributed by atoms with van der Waals surface area (Å²) in [4.78, 5) is 0. The predicted octanol–water partition coefficient (Wildman–Crippen LogP) is 14.0. The molecule has 0 spiro atoms. The van der Waals surface area contributed by atoms with Crippen molar-refractivity contribution in [3.8, 4) is 28.2 Å². The van der Waals surface area contributed by atoms with E-state index in [0.29, 0.717) is 0 Å². The molecular formula is C66H45N3Si. The average molecular weight is 908 g/mol. The fourth-order valence-electron chi connectivity index (χ4n) is 11.9. The van der Waals surface area contributed by atoms with Crippen LogP contribution in [0, 0.1) is 0 Å². The van der Waals surface area contributed by atoms with E-state index >= 15 is 0 Å². The summed E-state index contributed by atoms with van der Waals surface area (Å²) in [6.45, 7) is 0. The molecular weight excluding hydrogens is 863 g/mol. The molecule has 0 saturated heterocycles. The van der Waals surface area contributed by atoms with Gasteiger partial charge in [-0.3, -0.25) is 0 Å². The minimum atomic E-state index is -2.98. The van der Waals surface area contributed by atoms with E-state index in [2.05, 4.69) is 287 Å². The molecule has 0 aliphatic rings. The maximum Gasteiger partial charge on any atom is 0.181 e. The zero-order chi connectivity index (χ0) is 46.2. The minimum absolute atomic E-state index is 1.12. The first-order valence-electron chi connectivity index (χ1n) is 24.2. The summed E-state index contributed by atoms with van der Waals surface area (Å²) in [5.74, 6) is 0. The Morgan fingerprint density at radius 3 is 1.31 bits per heavy atom. The molecule has 3 aromatic heterocycles. The molecule has 0 unspecified atom stereocenters. The largest absolute Gasteiger partial charge is 0.309 e. The van der Waals surface area contributed by atoms with Gasteiger partial charge in [0.2, 0.25) is 0 Å². The molecule has 14 aromatic rings. The van der Waals surface area contributed by atoms with Gasteiger partial charge in [-0.25, -0.2) is 0 Å². The second kappa shape index (κ2) is 16.1. The van der Waals surface area contributed by atoms with Crippen LogP contribution in [0.3, 0.4) is 0 Å². The maximum atomic E-state index is 2.57. The van der Waals surface area contributed by atoms with Crippen molar-refractivity contribution in [2.24, 2.45) is 0 Å². The van der Waals surface area contributed by atoms with E-state index in [1.165, 1.54) is 86.3 Å². The van der Waals surface area contributed by atoms with Crippen LogP contribution in [0.4, 0.5) is 0 Å². The number of hydrogen-bond acceptors (Lipinski definition) is 0. The first kappa shape index (κ1) is 40.1. The molecule has 0 saturated carbocycles. The van der Waals surface area contributed by atoms with Crippen LogP contribution in [0.1, 0.15) is 0 Å². The molecule has 0 radical (unpaired) electrons. The molecule has 0 aliphatic carbocycles. The van der Waals surface area contributed by atoms with Gasteiger partial charge in [0.05, 0.1) is 38.8 Å². The lowest BCUT2D eigenvalue weighted by Crippen LogP contribution is -2.75. The van der Waals surface area contributed by atoms with E-state index in [-0.39, 0.29) is 0 Å². The van der Waals surface area contributed by atoms with Crippen LogP contribution in [-0.4, -0.2) is 21.8 Å². The molecule has 3 heterocycles. The molecule has 0 bridgehead atoms. The van der Waals surface area contributed by atoms with Gasteiger partial charge >= 0.3 is 0 Å². The Hall–Kier alpha value is -8.96. The summed E-state index contributed by atoms with van der Waals surface area (Å²) in [7, 11) is -2.98. The second-order valence-corrected chi connectivity index (χ2v) is 22.2. The highest BCUT2D eigenvalue weighted by atomic mass is 28.3. The molecule has 70 heavy (non-hydrogen) atoms. The minimum Gasteiger partial charge on any atom is -0.309 e. The van der Waals surface area contributed by atoms with Crippen molar-refractivity contribution in [2.45, 2.75) is 0 Å². The molecule has 0 amide bonds. The van der Waals surface area contributed by atoms with E-state index in [0.717, 1.165) is 28.1 Å². The predicted molar refractivity (Wildman–Crippen MR) is 299 cm³/mol. The van der Waals surface area contributed by atoms with Gasteiger partial charge in [0.1, 0.15) is 0 Å². The normalized spacial score (nSPS) is 12.0. The molecule has 4 heteroatoms. The average Bonchev–Trinajstić information content (AvgIpc) is 4.08. The molecule has 0 atom stereocenters. The summed E-state index contributed by atoms with van der Waals surface area (Å²) in [6, 6.07) is 101. The lowest BCUT2D eigenvalue weighted by molar-refractivity contribution is 1.15. The highest BCUT2D eigenvalue weighted by molar-refractivity contribution is 7.20. The quantitative estimate of drug-likeness (QED) is 0.107. The van der Waals surface area contributed by atoms with Gasteiger partial charge in [-0.15, -0.1) is 0 Å². The van der Waals surface area contributed by atoms with Gasteiger partial charge in [-0.05, 0) is 80.9 Å². The third-order valence-electron chi connectivity index (χ3n) is 14.8. The topological polar surface area (TPSA) is 14.8 Å². The summed E-state index contributed by atoms with van der Waals surface area (Å²) in [5, 5.41) is 12.8. The Bertz CT molecular complexity index is 4130. The van der Waals surface area contributed by atoms with E-state index < -0.39 is 8.07 Å². The SMILES string of the molecule is c1ccc(-c2ccccc2-n2c3ccc(-n4c5ccccc5c5ccccc54)cc3c3ccc(-n4c5ccccc5c5cccc([Si](c6ccccc6)(c6ccccc6)c6ccccc6)c54)cc32)cc1. The number of benzene rings is 11. The van der Waals surface area contributed by atoms with Crippen LogP contribution in [0.25, 0.3) is 93.6 Å². The Morgan fingerprint density at radius 2 is 0.700 bits per heavy atom. The molecule has 14 rings (SSSR count). The third kappa shape index (κ3) is 5.94. The van der Waals surface area contributed by atoms with E-state index in [9.17, 15) is 0 Å². The summed E-state index contributed by atoms with van der Waals surface area (Å²) in [5.41, 5.74) is 12.9. The Morgan fingerprint density at radius 1 is 0.257 bits per heavy atom. The zero-order valence-electron chi connectivity index (χ0n) is 38.3. The number of aromatic nitrogens is 3. The summed E-state index contributed by atoms with van der Waals surface area (Å²) >= 11 is 0. The van der Waals surface area contributed by atoms with Crippen molar-refractivity contribution in [2.75, 3.05) is 0 Å². The molecule has 3 nitrogen and oxygen atoms in total. The fourth-order valence-corrected chi connectivity index (χ4v) is 16.8. The van der Waals surface area contributed by atoms with Gasteiger partial charge in [0.25, 0.3) is 0 Å². The van der Waals surface area contributed by atoms with Crippen LogP contribution in [-0.2, 0) is 0 Å². The second-order valence-electron chi connectivity index (χ2n) is 18.4. The van der Waals surface area contributed by atoms with Crippen molar-refractivity contribution in [3.05, 3.63) is 273 Å².